The van der Waals surface area contributed by atoms with Crippen LogP contribution in [0.1, 0.15) is 35.5 Å². The van der Waals surface area contributed by atoms with E-state index in [1.807, 2.05) is 35.1 Å². The van der Waals surface area contributed by atoms with Crippen LogP contribution in [0.3, 0.4) is 0 Å². The van der Waals surface area contributed by atoms with E-state index in [1.54, 1.807) is 6.92 Å². The van der Waals surface area contributed by atoms with Crippen molar-refractivity contribution in [2.45, 2.75) is 33.9 Å². The van der Waals surface area contributed by atoms with Crippen LogP contribution in [0.5, 0.6) is 0 Å². The summed E-state index contributed by atoms with van der Waals surface area (Å²) < 4.78 is 2.04. The standard InChI is InChI=1S/C20H27N5OS/c1-4-25-15(2)18(13-21-25)14-23-9-11-24(12-10-23)20(27)22-19-7-5-17(6-8-19)16(3)26/h5-8,13H,4,9-12,14H2,1-3H3,(H,22,27). The lowest BCUT2D eigenvalue weighted by Gasteiger charge is -2.36. The molecule has 144 valence electrons. The SMILES string of the molecule is CCn1ncc(CN2CCN(C(=S)Nc3ccc(C(C)=O)cc3)CC2)c1C. The van der Waals surface area contributed by atoms with Crippen molar-refractivity contribution in [2.75, 3.05) is 31.5 Å². The molecular formula is C20H27N5OS. The summed E-state index contributed by atoms with van der Waals surface area (Å²) in [5, 5.41) is 8.45. The first-order chi connectivity index (χ1) is 13.0. The predicted molar refractivity (Wildman–Crippen MR) is 112 cm³/mol. The third kappa shape index (κ3) is 4.73. The minimum atomic E-state index is 0.0694. The number of rotatable bonds is 5. The van der Waals surface area contributed by atoms with E-state index in [0.29, 0.717) is 5.56 Å². The van der Waals surface area contributed by atoms with Gasteiger partial charge in [0.05, 0.1) is 6.20 Å². The van der Waals surface area contributed by atoms with Gasteiger partial charge in [0.2, 0.25) is 0 Å². The van der Waals surface area contributed by atoms with Crippen molar-refractivity contribution >= 4 is 28.8 Å². The highest BCUT2D eigenvalue weighted by molar-refractivity contribution is 7.80. The molecule has 1 aromatic heterocycles. The first-order valence-electron chi connectivity index (χ1n) is 9.38. The Morgan fingerprint density at radius 3 is 2.41 bits per heavy atom. The van der Waals surface area contributed by atoms with Gasteiger partial charge < -0.3 is 10.2 Å². The number of carbonyl (C=O) groups is 1. The third-order valence-corrected chi connectivity index (χ3v) is 5.46. The van der Waals surface area contributed by atoms with E-state index >= 15 is 0 Å². The van der Waals surface area contributed by atoms with Crippen LogP contribution >= 0.6 is 12.2 Å². The van der Waals surface area contributed by atoms with E-state index in [1.165, 1.54) is 11.3 Å². The Morgan fingerprint density at radius 2 is 1.85 bits per heavy atom. The smallest absolute Gasteiger partial charge is 0.173 e. The summed E-state index contributed by atoms with van der Waals surface area (Å²) in [5.74, 6) is 0.0694. The second-order valence-electron chi connectivity index (χ2n) is 6.90. The molecule has 1 aliphatic rings. The number of benzene rings is 1. The van der Waals surface area contributed by atoms with Crippen molar-refractivity contribution in [2.24, 2.45) is 0 Å². The number of anilines is 1. The fourth-order valence-corrected chi connectivity index (χ4v) is 3.60. The summed E-state index contributed by atoms with van der Waals surface area (Å²) in [6.45, 7) is 11.4. The predicted octanol–water partition coefficient (Wildman–Crippen LogP) is 2.93. The lowest BCUT2D eigenvalue weighted by Crippen LogP contribution is -2.49. The number of hydrogen-bond acceptors (Lipinski definition) is 4. The van der Waals surface area contributed by atoms with Crippen molar-refractivity contribution in [3.63, 3.8) is 0 Å². The maximum Gasteiger partial charge on any atom is 0.173 e. The minimum Gasteiger partial charge on any atom is -0.346 e. The molecule has 27 heavy (non-hydrogen) atoms. The maximum absolute atomic E-state index is 11.4. The fourth-order valence-electron chi connectivity index (χ4n) is 3.30. The minimum absolute atomic E-state index is 0.0694. The van der Waals surface area contributed by atoms with Crippen LogP contribution in [-0.2, 0) is 13.1 Å². The molecule has 0 aliphatic carbocycles. The molecule has 0 spiro atoms. The number of ketones is 1. The van der Waals surface area contributed by atoms with Gasteiger partial charge >= 0.3 is 0 Å². The molecule has 1 saturated heterocycles. The van der Waals surface area contributed by atoms with Gasteiger partial charge in [0, 0.05) is 61.8 Å². The summed E-state index contributed by atoms with van der Waals surface area (Å²) in [6, 6.07) is 7.44. The topological polar surface area (TPSA) is 53.4 Å². The van der Waals surface area contributed by atoms with E-state index < -0.39 is 0 Å². The van der Waals surface area contributed by atoms with Crippen LogP contribution in [0.2, 0.25) is 0 Å². The molecule has 3 rings (SSSR count). The van der Waals surface area contributed by atoms with Crippen LogP contribution in [-0.4, -0.2) is 56.7 Å². The van der Waals surface area contributed by atoms with Gasteiger partial charge in [-0.25, -0.2) is 0 Å². The molecule has 2 aromatic rings. The second kappa shape index (κ2) is 8.63. The van der Waals surface area contributed by atoms with Crippen molar-refractivity contribution in [3.05, 3.63) is 47.3 Å². The lowest BCUT2D eigenvalue weighted by molar-refractivity contribution is 0.101. The zero-order chi connectivity index (χ0) is 19.4. The highest BCUT2D eigenvalue weighted by atomic mass is 32.1. The van der Waals surface area contributed by atoms with Gasteiger partial charge in [-0.3, -0.25) is 14.4 Å². The zero-order valence-electron chi connectivity index (χ0n) is 16.2. The van der Waals surface area contributed by atoms with Crippen molar-refractivity contribution in [1.29, 1.82) is 0 Å². The van der Waals surface area contributed by atoms with Gasteiger partial charge in [-0.2, -0.15) is 5.10 Å². The van der Waals surface area contributed by atoms with Crippen LogP contribution in [0.25, 0.3) is 0 Å². The molecule has 0 amide bonds. The number of aryl methyl sites for hydroxylation is 1. The fraction of sp³-hybridized carbons (Fsp3) is 0.450. The van der Waals surface area contributed by atoms with E-state index in [2.05, 4.69) is 34.1 Å². The van der Waals surface area contributed by atoms with Crippen LogP contribution < -0.4 is 5.32 Å². The van der Waals surface area contributed by atoms with Gasteiger partial charge in [0.1, 0.15) is 0 Å². The number of nitrogens with one attached hydrogen (secondary N) is 1. The van der Waals surface area contributed by atoms with Gasteiger partial charge in [-0.1, -0.05) is 0 Å². The highest BCUT2D eigenvalue weighted by Crippen LogP contribution is 2.15. The van der Waals surface area contributed by atoms with Gasteiger partial charge in [0.25, 0.3) is 0 Å². The quantitative estimate of drug-likeness (QED) is 0.631. The zero-order valence-corrected chi connectivity index (χ0v) is 17.1. The average molecular weight is 386 g/mol. The van der Waals surface area contributed by atoms with Crippen molar-refractivity contribution < 1.29 is 4.79 Å². The molecule has 1 N–H and O–H groups in total. The summed E-state index contributed by atoms with van der Waals surface area (Å²) in [4.78, 5) is 16.0. The van der Waals surface area contributed by atoms with Gasteiger partial charge in [0.15, 0.2) is 10.9 Å². The molecule has 6 nitrogen and oxygen atoms in total. The molecule has 0 radical (unpaired) electrons. The summed E-state index contributed by atoms with van der Waals surface area (Å²) in [5.41, 5.74) is 4.18. The van der Waals surface area contributed by atoms with Crippen LogP contribution in [0.4, 0.5) is 5.69 Å². The Kier molecular flexibility index (Phi) is 6.23. The maximum atomic E-state index is 11.4. The normalized spacial score (nSPS) is 15.0. The first-order valence-corrected chi connectivity index (χ1v) is 9.79. The van der Waals surface area contributed by atoms with Crippen LogP contribution in [0, 0.1) is 6.92 Å². The Labute approximate surface area is 166 Å². The van der Waals surface area contributed by atoms with Crippen molar-refractivity contribution in [3.8, 4) is 0 Å². The molecule has 1 fully saturated rings. The number of nitrogens with zero attached hydrogens (tertiary/aromatic N) is 4. The number of carbonyl (C=O) groups excluding carboxylic acids is 1. The Bertz CT molecular complexity index is 806. The molecule has 1 aromatic carbocycles. The summed E-state index contributed by atoms with van der Waals surface area (Å²) in [6.07, 6.45) is 1.99. The molecule has 2 heterocycles. The Hall–Kier alpha value is -2.25. The summed E-state index contributed by atoms with van der Waals surface area (Å²) in [7, 11) is 0. The number of hydrogen-bond donors (Lipinski definition) is 1. The molecule has 0 unspecified atom stereocenters. The summed E-state index contributed by atoms with van der Waals surface area (Å²) >= 11 is 5.56. The Morgan fingerprint density at radius 1 is 1.19 bits per heavy atom. The number of Topliss-reactive ketones (excluding diaryl/α,β-unsaturated/α-hetero) is 1. The third-order valence-electron chi connectivity index (χ3n) is 5.10. The highest BCUT2D eigenvalue weighted by Gasteiger charge is 2.20. The molecule has 7 heteroatoms. The monoisotopic (exact) mass is 385 g/mol. The lowest BCUT2D eigenvalue weighted by atomic mass is 10.1. The number of thiocarbonyl (C=S) groups is 1. The van der Waals surface area contributed by atoms with Gasteiger partial charge in [-0.15, -0.1) is 0 Å². The van der Waals surface area contributed by atoms with Gasteiger partial charge in [-0.05, 0) is 57.3 Å². The molecule has 0 bridgehead atoms. The van der Waals surface area contributed by atoms with E-state index in [-0.39, 0.29) is 5.78 Å². The van der Waals surface area contributed by atoms with Crippen LogP contribution in [0.15, 0.2) is 30.5 Å². The largest absolute Gasteiger partial charge is 0.346 e. The van der Waals surface area contributed by atoms with E-state index in [4.69, 9.17) is 12.2 Å². The molecular weight excluding hydrogens is 358 g/mol. The van der Waals surface area contributed by atoms with E-state index in [9.17, 15) is 4.79 Å². The molecule has 0 saturated carbocycles. The molecule has 1 aliphatic heterocycles. The molecule has 0 atom stereocenters. The van der Waals surface area contributed by atoms with E-state index in [0.717, 1.165) is 50.1 Å². The second-order valence-corrected chi connectivity index (χ2v) is 7.28. The number of piperazine rings is 1. The van der Waals surface area contributed by atoms with Crippen molar-refractivity contribution in [1.82, 2.24) is 19.6 Å². The average Bonchev–Trinajstić information content (AvgIpc) is 3.02. The number of aromatic nitrogens is 2. The first kappa shape index (κ1) is 19.5. The Balaban J connectivity index is 1.50.